The number of hydrogen-bond donors (Lipinski definition) is 2. The van der Waals surface area contributed by atoms with Gasteiger partial charge in [0.25, 0.3) is 11.6 Å². The van der Waals surface area contributed by atoms with E-state index in [2.05, 4.69) is 10.6 Å². The summed E-state index contributed by atoms with van der Waals surface area (Å²) in [5.74, 6) is -1.24. The number of hydrogen-bond acceptors (Lipinski definition) is 8. The Balaban J connectivity index is 1.84. The summed E-state index contributed by atoms with van der Waals surface area (Å²) in [6.45, 7) is 0.706. The van der Waals surface area contributed by atoms with Crippen LogP contribution in [0.5, 0.6) is 11.5 Å². The molecule has 2 N–H and O–H groups in total. The molecule has 0 saturated carbocycles. The average Bonchev–Trinajstić information content (AvgIpc) is 2.81. The summed E-state index contributed by atoms with van der Waals surface area (Å²) in [4.78, 5) is 46.6. The van der Waals surface area contributed by atoms with Crippen LogP contribution in [0.4, 0.5) is 11.4 Å². The molecule has 0 fully saturated rings. The van der Waals surface area contributed by atoms with Crippen LogP contribution in [0.2, 0.25) is 0 Å². The highest BCUT2D eigenvalue weighted by Crippen LogP contribution is 2.28. The number of carbonyl (C=O) groups excluding carboxylic acids is 3. The van der Waals surface area contributed by atoms with E-state index in [1.165, 1.54) is 32.2 Å². The summed E-state index contributed by atoms with van der Waals surface area (Å²) < 4.78 is 14.9. The Morgan fingerprint density at radius 3 is 2.30 bits per heavy atom. The van der Waals surface area contributed by atoms with Crippen molar-refractivity contribution in [3.8, 4) is 11.5 Å². The van der Waals surface area contributed by atoms with E-state index in [1.54, 1.807) is 37.5 Å². The van der Waals surface area contributed by atoms with Gasteiger partial charge in [0.15, 0.2) is 6.61 Å². The first kappa shape index (κ1) is 24.9. The SMILES string of the molecule is COc1ccc(C=CC(=O)NC(C)C(=O)OCC(=O)Nc2ccc(OC)cc2[N+](=O)[O-])cc1. The molecule has 0 spiro atoms. The molecule has 0 aliphatic rings. The second-order valence-electron chi connectivity index (χ2n) is 6.63. The molecule has 11 heteroatoms. The number of carbonyl (C=O) groups is 3. The third-order valence-corrected chi connectivity index (χ3v) is 4.28. The zero-order valence-corrected chi connectivity index (χ0v) is 18.2. The van der Waals surface area contributed by atoms with Gasteiger partial charge in [-0.2, -0.15) is 0 Å². The minimum atomic E-state index is -1.03. The van der Waals surface area contributed by atoms with E-state index in [0.29, 0.717) is 5.75 Å². The van der Waals surface area contributed by atoms with Crippen LogP contribution in [-0.2, 0) is 19.1 Å². The number of anilines is 1. The van der Waals surface area contributed by atoms with Crippen molar-refractivity contribution in [2.45, 2.75) is 13.0 Å². The van der Waals surface area contributed by atoms with Gasteiger partial charge in [0.1, 0.15) is 23.2 Å². The number of nitrogens with zero attached hydrogens (tertiary/aromatic N) is 1. The largest absolute Gasteiger partial charge is 0.497 e. The van der Waals surface area contributed by atoms with E-state index in [0.717, 1.165) is 11.6 Å². The summed E-state index contributed by atoms with van der Waals surface area (Å²) in [6.07, 6.45) is 2.81. The fraction of sp³-hybridized carbons (Fsp3) is 0.227. The second kappa shape index (κ2) is 11.8. The normalized spacial score (nSPS) is 11.4. The Kier molecular flexibility index (Phi) is 8.92. The van der Waals surface area contributed by atoms with Crippen LogP contribution in [0.1, 0.15) is 12.5 Å². The van der Waals surface area contributed by atoms with Gasteiger partial charge in [-0.1, -0.05) is 12.1 Å². The first-order chi connectivity index (χ1) is 15.7. The van der Waals surface area contributed by atoms with Crippen molar-refractivity contribution in [3.05, 3.63) is 64.2 Å². The Labute approximate surface area is 189 Å². The first-order valence-electron chi connectivity index (χ1n) is 9.65. The standard InChI is InChI=1S/C22H23N3O8/c1-14(23-20(26)11-6-15-4-7-16(31-2)8-5-15)22(28)33-13-21(27)24-18-10-9-17(32-3)12-19(18)25(29)30/h4-12,14H,13H2,1-3H3,(H,23,26)(H,24,27). The van der Waals surface area contributed by atoms with Gasteiger partial charge >= 0.3 is 5.97 Å². The summed E-state index contributed by atoms with van der Waals surface area (Å²) in [6, 6.07) is 9.85. The lowest BCUT2D eigenvalue weighted by molar-refractivity contribution is -0.384. The second-order valence-corrected chi connectivity index (χ2v) is 6.63. The van der Waals surface area contributed by atoms with Crippen molar-refractivity contribution >= 4 is 35.2 Å². The maximum atomic E-state index is 12.1. The lowest BCUT2D eigenvalue weighted by Crippen LogP contribution is -2.39. The van der Waals surface area contributed by atoms with E-state index in [9.17, 15) is 24.5 Å². The van der Waals surface area contributed by atoms with Gasteiger partial charge < -0.3 is 24.8 Å². The zero-order chi connectivity index (χ0) is 24.4. The molecule has 2 rings (SSSR count). The zero-order valence-electron chi connectivity index (χ0n) is 18.2. The molecule has 0 bridgehead atoms. The highest BCUT2D eigenvalue weighted by Gasteiger charge is 2.20. The Morgan fingerprint density at radius 2 is 1.70 bits per heavy atom. The molecule has 0 aliphatic carbocycles. The number of rotatable bonds is 10. The Hall–Kier alpha value is -4.41. The van der Waals surface area contributed by atoms with E-state index >= 15 is 0 Å². The molecule has 0 radical (unpaired) electrons. The minimum absolute atomic E-state index is 0.0770. The third-order valence-electron chi connectivity index (χ3n) is 4.28. The van der Waals surface area contributed by atoms with Gasteiger partial charge in [-0.05, 0) is 42.8 Å². The van der Waals surface area contributed by atoms with E-state index < -0.39 is 35.4 Å². The highest BCUT2D eigenvalue weighted by atomic mass is 16.6. The Bertz CT molecular complexity index is 1050. The molecule has 0 heterocycles. The van der Waals surface area contributed by atoms with Gasteiger partial charge in [0.05, 0.1) is 25.2 Å². The fourth-order valence-corrected chi connectivity index (χ4v) is 2.55. The molecule has 33 heavy (non-hydrogen) atoms. The topological polar surface area (TPSA) is 146 Å². The van der Waals surface area contributed by atoms with Crippen molar-refractivity contribution in [1.29, 1.82) is 0 Å². The van der Waals surface area contributed by atoms with Gasteiger partial charge in [-0.15, -0.1) is 0 Å². The molecule has 0 aliphatic heterocycles. The number of nitro benzene ring substituents is 1. The lowest BCUT2D eigenvalue weighted by atomic mass is 10.2. The van der Waals surface area contributed by atoms with Crippen LogP contribution in [0, 0.1) is 10.1 Å². The molecule has 2 aromatic rings. The van der Waals surface area contributed by atoms with Crippen molar-refractivity contribution in [1.82, 2.24) is 5.32 Å². The van der Waals surface area contributed by atoms with Crippen LogP contribution in [0.25, 0.3) is 6.08 Å². The van der Waals surface area contributed by atoms with Gasteiger partial charge in [-0.25, -0.2) is 4.79 Å². The summed E-state index contributed by atoms with van der Waals surface area (Å²) in [7, 11) is 2.90. The van der Waals surface area contributed by atoms with Crippen LogP contribution in [-0.4, -0.2) is 49.6 Å². The minimum Gasteiger partial charge on any atom is -0.497 e. The van der Waals surface area contributed by atoms with Gasteiger partial charge in [0.2, 0.25) is 5.91 Å². The number of ether oxygens (including phenoxy) is 3. The van der Waals surface area contributed by atoms with Gasteiger partial charge in [0, 0.05) is 6.08 Å². The third kappa shape index (κ3) is 7.65. The predicted octanol–water partition coefficient (Wildman–Crippen LogP) is 2.31. The van der Waals surface area contributed by atoms with E-state index in [4.69, 9.17) is 14.2 Å². The molecule has 2 amide bonds. The van der Waals surface area contributed by atoms with Crippen LogP contribution >= 0.6 is 0 Å². The Morgan fingerprint density at radius 1 is 1.06 bits per heavy atom. The van der Waals surface area contributed by atoms with Crippen molar-refractivity contribution in [2.24, 2.45) is 0 Å². The molecule has 174 valence electrons. The van der Waals surface area contributed by atoms with Gasteiger partial charge in [-0.3, -0.25) is 19.7 Å². The number of amides is 2. The van der Waals surface area contributed by atoms with Crippen LogP contribution in [0.15, 0.2) is 48.5 Å². The summed E-state index contributed by atoms with van der Waals surface area (Å²) >= 11 is 0. The number of methoxy groups -OCH3 is 2. The molecule has 1 unspecified atom stereocenters. The summed E-state index contributed by atoms with van der Waals surface area (Å²) in [5, 5.41) is 15.9. The molecule has 11 nitrogen and oxygen atoms in total. The first-order valence-corrected chi connectivity index (χ1v) is 9.65. The van der Waals surface area contributed by atoms with E-state index in [-0.39, 0.29) is 17.1 Å². The molecular formula is C22H23N3O8. The van der Waals surface area contributed by atoms with Crippen molar-refractivity contribution < 1.29 is 33.5 Å². The maximum Gasteiger partial charge on any atom is 0.328 e. The van der Waals surface area contributed by atoms with Crippen molar-refractivity contribution in [3.63, 3.8) is 0 Å². The van der Waals surface area contributed by atoms with Crippen molar-refractivity contribution in [2.75, 3.05) is 26.1 Å². The molecule has 2 aromatic carbocycles. The highest BCUT2D eigenvalue weighted by molar-refractivity contribution is 5.96. The maximum absolute atomic E-state index is 12.1. The average molecular weight is 457 g/mol. The molecule has 0 aromatic heterocycles. The molecule has 1 atom stereocenters. The smallest absolute Gasteiger partial charge is 0.328 e. The predicted molar refractivity (Wildman–Crippen MR) is 119 cm³/mol. The number of benzene rings is 2. The van der Waals surface area contributed by atoms with E-state index in [1.807, 2.05) is 0 Å². The lowest BCUT2D eigenvalue weighted by Gasteiger charge is -2.12. The quantitative estimate of drug-likeness (QED) is 0.239. The number of nitro groups is 1. The molecular weight excluding hydrogens is 434 g/mol. The number of esters is 1. The monoisotopic (exact) mass is 457 g/mol. The number of nitrogens with one attached hydrogen (secondary N) is 2. The molecule has 0 saturated heterocycles. The summed E-state index contributed by atoms with van der Waals surface area (Å²) in [5.41, 5.74) is 0.302. The van der Waals surface area contributed by atoms with Crippen LogP contribution in [0.3, 0.4) is 0 Å². The fourth-order valence-electron chi connectivity index (χ4n) is 2.55. The van der Waals surface area contributed by atoms with Crippen LogP contribution < -0.4 is 20.1 Å².